The SMILES string of the molecule is CCCOc1ccc(CON=C(C)c2ccc(OCc3nn[nH]n3)nc2)cc1. The zero-order valence-corrected chi connectivity index (χ0v) is 15.8. The van der Waals surface area contributed by atoms with E-state index in [4.69, 9.17) is 14.3 Å². The van der Waals surface area contributed by atoms with Crippen LogP contribution in [0.2, 0.25) is 0 Å². The van der Waals surface area contributed by atoms with Crippen molar-refractivity contribution in [2.24, 2.45) is 5.16 Å². The summed E-state index contributed by atoms with van der Waals surface area (Å²) in [6.45, 7) is 5.23. The summed E-state index contributed by atoms with van der Waals surface area (Å²) >= 11 is 0. The molecule has 28 heavy (non-hydrogen) atoms. The Morgan fingerprint density at radius 2 is 1.93 bits per heavy atom. The fourth-order valence-electron chi connectivity index (χ4n) is 2.22. The van der Waals surface area contributed by atoms with Crippen molar-refractivity contribution in [2.45, 2.75) is 33.5 Å². The van der Waals surface area contributed by atoms with Crippen LogP contribution in [0, 0.1) is 0 Å². The van der Waals surface area contributed by atoms with Crippen molar-refractivity contribution in [1.82, 2.24) is 25.6 Å². The second-order valence-corrected chi connectivity index (χ2v) is 5.94. The van der Waals surface area contributed by atoms with Crippen molar-refractivity contribution < 1.29 is 14.3 Å². The van der Waals surface area contributed by atoms with Crippen LogP contribution < -0.4 is 9.47 Å². The first-order chi connectivity index (χ1) is 13.7. The Bertz CT molecular complexity index is 864. The first-order valence-corrected chi connectivity index (χ1v) is 8.94. The van der Waals surface area contributed by atoms with Gasteiger partial charge in [-0.3, -0.25) is 0 Å². The van der Waals surface area contributed by atoms with Crippen LogP contribution in [0.25, 0.3) is 0 Å². The average molecular weight is 382 g/mol. The third kappa shape index (κ3) is 5.76. The van der Waals surface area contributed by atoms with Gasteiger partial charge in [0.15, 0.2) is 6.61 Å². The summed E-state index contributed by atoms with van der Waals surface area (Å²) in [7, 11) is 0. The Morgan fingerprint density at radius 3 is 2.61 bits per heavy atom. The zero-order chi connectivity index (χ0) is 19.6. The number of aromatic amines is 1. The molecule has 0 atom stereocenters. The Kier molecular flexibility index (Phi) is 6.89. The van der Waals surface area contributed by atoms with Gasteiger partial charge in [-0.05, 0) is 37.1 Å². The van der Waals surface area contributed by atoms with Crippen LogP contribution in [0.5, 0.6) is 11.6 Å². The van der Waals surface area contributed by atoms with E-state index in [1.165, 1.54) is 0 Å². The first-order valence-electron chi connectivity index (χ1n) is 8.94. The maximum Gasteiger partial charge on any atom is 0.213 e. The molecule has 2 heterocycles. The van der Waals surface area contributed by atoms with Gasteiger partial charge in [-0.2, -0.15) is 5.21 Å². The number of ether oxygens (including phenoxy) is 2. The van der Waals surface area contributed by atoms with E-state index >= 15 is 0 Å². The quantitative estimate of drug-likeness (QED) is 0.424. The van der Waals surface area contributed by atoms with E-state index in [2.05, 4.69) is 37.7 Å². The number of H-pyrrole nitrogens is 1. The average Bonchev–Trinajstić information content (AvgIpc) is 3.26. The monoisotopic (exact) mass is 382 g/mol. The Balaban J connectivity index is 1.47. The van der Waals surface area contributed by atoms with Gasteiger partial charge in [0, 0.05) is 17.8 Å². The molecule has 0 aliphatic heterocycles. The van der Waals surface area contributed by atoms with Crippen LogP contribution in [-0.2, 0) is 18.1 Å². The van der Waals surface area contributed by atoms with Crippen LogP contribution in [0.3, 0.4) is 0 Å². The molecule has 1 N–H and O–H groups in total. The number of oxime groups is 1. The van der Waals surface area contributed by atoms with E-state index in [0.717, 1.165) is 29.0 Å². The second-order valence-electron chi connectivity index (χ2n) is 5.94. The normalized spacial score (nSPS) is 11.3. The Morgan fingerprint density at radius 1 is 1.07 bits per heavy atom. The van der Waals surface area contributed by atoms with Crippen LogP contribution in [-0.4, -0.2) is 37.9 Å². The minimum atomic E-state index is 0.196. The maximum absolute atomic E-state index is 5.56. The highest BCUT2D eigenvalue weighted by Gasteiger charge is 2.04. The predicted octanol–water partition coefficient (Wildman–Crippen LogP) is 2.90. The molecule has 0 saturated heterocycles. The molecule has 9 heteroatoms. The standard InChI is InChI=1S/C19H22N6O3/c1-3-10-26-17-7-4-15(5-8-17)12-28-23-14(2)16-6-9-19(20-11-16)27-13-18-21-24-25-22-18/h4-9,11H,3,10,12-13H2,1-2H3,(H,21,22,24,25). The molecule has 0 aliphatic carbocycles. The number of tetrazole rings is 1. The van der Waals surface area contributed by atoms with Gasteiger partial charge in [0.25, 0.3) is 0 Å². The number of pyridine rings is 1. The van der Waals surface area contributed by atoms with Gasteiger partial charge < -0.3 is 14.3 Å². The molecule has 3 aromatic rings. The van der Waals surface area contributed by atoms with Crippen LogP contribution in [0.1, 0.15) is 37.2 Å². The lowest BCUT2D eigenvalue weighted by molar-refractivity contribution is 0.130. The maximum atomic E-state index is 5.56. The second kappa shape index (κ2) is 10.0. The number of aromatic nitrogens is 5. The number of nitrogens with zero attached hydrogens (tertiary/aromatic N) is 5. The van der Waals surface area contributed by atoms with Crippen molar-refractivity contribution in [3.05, 3.63) is 59.5 Å². The van der Waals surface area contributed by atoms with Gasteiger partial charge in [0.05, 0.1) is 12.3 Å². The summed E-state index contributed by atoms with van der Waals surface area (Å²) in [5.41, 5.74) is 2.58. The van der Waals surface area contributed by atoms with Crippen molar-refractivity contribution in [3.8, 4) is 11.6 Å². The molecule has 2 aromatic heterocycles. The predicted molar refractivity (Wildman–Crippen MR) is 102 cm³/mol. The van der Waals surface area contributed by atoms with Gasteiger partial charge in [0.1, 0.15) is 12.4 Å². The molecular formula is C19H22N6O3. The smallest absolute Gasteiger partial charge is 0.213 e. The lowest BCUT2D eigenvalue weighted by Gasteiger charge is -2.06. The first kappa shape index (κ1) is 19.3. The van der Waals surface area contributed by atoms with E-state index in [1.807, 2.05) is 37.3 Å². The molecular weight excluding hydrogens is 360 g/mol. The van der Waals surface area contributed by atoms with Crippen molar-refractivity contribution in [3.63, 3.8) is 0 Å². The summed E-state index contributed by atoms with van der Waals surface area (Å²) in [6, 6.07) is 11.4. The molecule has 9 nitrogen and oxygen atoms in total. The largest absolute Gasteiger partial charge is 0.494 e. The summed E-state index contributed by atoms with van der Waals surface area (Å²) in [6.07, 6.45) is 2.66. The van der Waals surface area contributed by atoms with Gasteiger partial charge in [-0.15, -0.1) is 10.2 Å². The highest BCUT2D eigenvalue weighted by molar-refractivity contribution is 5.98. The highest BCUT2D eigenvalue weighted by atomic mass is 16.6. The molecule has 0 fully saturated rings. The summed E-state index contributed by atoms with van der Waals surface area (Å²) in [4.78, 5) is 9.69. The zero-order valence-electron chi connectivity index (χ0n) is 15.8. The van der Waals surface area contributed by atoms with E-state index in [9.17, 15) is 0 Å². The molecule has 0 radical (unpaired) electrons. The van der Waals surface area contributed by atoms with Crippen molar-refractivity contribution in [1.29, 1.82) is 0 Å². The molecule has 0 amide bonds. The fourth-order valence-corrected chi connectivity index (χ4v) is 2.22. The van der Waals surface area contributed by atoms with E-state index < -0.39 is 0 Å². The van der Waals surface area contributed by atoms with Crippen molar-refractivity contribution >= 4 is 5.71 Å². The third-order valence-corrected chi connectivity index (χ3v) is 3.72. The topological polar surface area (TPSA) is 107 Å². The highest BCUT2D eigenvalue weighted by Crippen LogP contribution is 2.14. The summed E-state index contributed by atoms with van der Waals surface area (Å²) in [5.74, 6) is 1.78. The Hall–Kier alpha value is -3.49. The van der Waals surface area contributed by atoms with Crippen molar-refractivity contribution in [2.75, 3.05) is 6.61 Å². The van der Waals surface area contributed by atoms with Crippen LogP contribution in [0.15, 0.2) is 47.8 Å². The summed E-state index contributed by atoms with van der Waals surface area (Å²) < 4.78 is 11.0. The minimum absolute atomic E-state index is 0.196. The lowest BCUT2D eigenvalue weighted by atomic mass is 10.2. The summed E-state index contributed by atoms with van der Waals surface area (Å²) in [5, 5.41) is 17.6. The molecule has 0 unspecified atom stereocenters. The van der Waals surface area contributed by atoms with E-state index in [-0.39, 0.29) is 6.61 Å². The number of nitrogens with one attached hydrogen (secondary N) is 1. The third-order valence-electron chi connectivity index (χ3n) is 3.72. The van der Waals surface area contributed by atoms with Gasteiger partial charge in [-0.25, -0.2) is 4.98 Å². The van der Waals surface area contributed by atoms with Crippen LogP contribution >= 0.6 is 0 Å². The Labute approximate surface area is 162 Å². The molecule has 1 aromatic carbocycles. The number of benzene rings is 1. The molecule has 0 saturated carbocycles. The molecule has 146 valence electrons. The van der Waals surface area contributed by atoms with Gasteiger partial charge >= 0.3 is 0 Å². The van der Waals surface area contributed by atoms with Crippen LogP contribution in [0.4, 0.5) is 0 Å². The van der Waals surface area contributed by atoms with Gasteiger partial charge in [-0.1, -0.05) is 29.4 Å². The number of hydrogen-bond acceptors (Lipinski definition) is 8. The molecule has 0 spiro atoms. The molecule has 0 bridgehead atoms. The number of hydrogen-bond donors (Lipinski definition) is 1. The lowest BCUT2D eigenvalue weighted by Crippen LogP contribution is -2.01. The van der Waals surface area contributed by atoms with E-state index in [1.54, 1.807) is 12.3 Å². The minimum Gasteiger partial charge on any atom is -0.494 e. The fraction of sp³-hybridized carbons (Fsp3) is 0.316. The van der Waals surface area contributed by atoms with E-state index in [0.29, 0.717) is 24.9 Å². The molecule has 3 rings (SSSR count). The molecule has 0 aliphatic rings. The number of rotatable bonds is 10. The van der Waals surface area contributed by atoms with Gasteiger partial charge in [0.2, 0.25) is 11.7 Å².